The van der Waals surface area contributed by atoms with Crippen molar-refractivity contribution >= 4 is 6.29 Å². The van der Waals surface area contributed by atoms with Gasteiger partial charge in [0, 0.05) is 12.0 Å². The Balaban J connectivity index is 2.51. The number of aryl methyl sites for hydroxylation is 1. The van der Waals surface area contributed by atoms with Crippen molar-refractivity contribution in [3.05, 3.63) is 22.6 Å². The van der Waals surface area contributed by atoms with Gasteiger partial charge < -0.3 is 4.42 Å². The second-order valence-corrected chi connectivity index (χ2v) is 3.32. The lowest BCUT2D eigenvalue weighted by Crippen LogP contribution is -1.99. The number of rotatable bonds is 1. The van der Waals surface area contributed by atoms with Crippen LogP contribution in [0.4, 0.5) is 0 Å². The molecule has 0 unspecified atom stereocenters. The monoisotopic (exact) mass is 164 g/mol. The van der Waals surface area contributed by atoms with Crippen LogP contribution >= 0.6 is 0 Å². The average Bonchev–Trinajstić information content (AvgIpc) is 2.44. The number of carbonyl (C=O) groups excluding carboxylic acids is 1. The molecule has 1 aromatic rings. The molecule has 0 N–H and O–H groups in total. The summed E-state index contributed by atoms with van der Waals surface area (Å²) in [5.41, 5.74) is 2.34. The van der Waals surface area contributed by atoms with Crippen LogP contribution in [-0.4, -0.2) is 6.29 Å². The van der Waals surface area contributed by atoms with Gasteiger partial charge in [-0.3, -0.25) is 4.79 Å². The Labute approximate surface area is 71.6 Å². The first-order valence-electron chi connectivity index (χ1n) is 4.39. The van der Waals surface area contributed by atoms with E-state index in [2.05, 4.69) is 0 Å². The summed E-state index contributed by atoms with van der Waals surface area (Å²) >= 11 is 0. The number of hydrogen-bond acceptors (Lipinski definition) is 2. The summed E-state index contributed by atoms with van der Waals surface area (Å²) in [6.07, 6.45) is 5.32. The van der Waals surface area contributed by atoms with Crippen LogP contribution in [0.5, 0.6) is 0 Å². The molecule has 0 aromatic carbocycles. The molecule has 1 heterocycles. The zero-order chi connectivity index (χ0) is 8.55. The number of hydrogen-bond donors (Lipinski definition) is 0. The van der Waals surface area contributed by atoms with E-state index in [0.29, 0.717) is 5.76 Å². The van der Waals surface area contributed by atoms with Gasteiger partial charge in [0.05, 0.1) is 0 Å². The summed E-state index contributed by atoms with van der Waals surface area (Å²) in [5, 5.41) is 0. The molecule has 0 amide bonds. The SMILES string of the molecule is Cc1c(C=O)oc2c1CCCC2. The third-order valence-electron chi connectivity index (χ3n) is 2.58. The third-order valence-corrected chi connectivity index (χ3v) is 2.58. The highest BCUT2D eigenvalue weighted by Crippen LogP contribution is 2.28. The Bertz CT molecular complexity index is 310. The van der Waals surface area contributed by atoms with Crippen LogP contribution in [0.15, 0.2) is 4.42 Å². The van der Waals surface area contributed by atoms with Crippen LogP contribution < -0.4 is 0 Å². The van der Waals surface area contributed by atoms with E-state index in [1.54, 1.807) is 0 Å². The molecule has 0 aliphatic heterocycles. The zero-order valence-corrected chi connectivity index (χ0v) is 7.22. The zero-order valence-electron chi connectivity index (χ0n) is 7.22. The molecule has 0 spiro atoms. The summed E-state index contributed by atoms with van der Waals surface area (Å²) in [7, 11) is 0. The normalized spacial score (nSPS) is 15.8. The van der Waals surface area contributed by atoms with E-state index in [9.17, 15) is 4.79 Å². The first-order valence-corrected chi connectivity index (χ1v) is 4.39. The topological polar surface area (TPSA) is 30.2 Å². The smallest absolute Gasteiger partial charge is 0.185 e. The number of fused-ring (bicyclic) bond motifs is 1. The van der Waals surface area contributed by atoms with E-state index in [1.807, 2.05) is 6.92 Å². The van der Waals surface area contributed by atoms with Gasteiger partial charge in [0.15, 0.2) is 12.0 Å². The largest absolute Gasteiger partial charge is 0.458 e. The molecule has 0 saturated heterocycles. The Morgan fingerprint density at radius 1 is 1.33 bits per heavy atom. The molecule has 1 aromatic heterocycles. The quantitative estimate of drug-likeness (QED) is 0.596. The van der Waals surface area contributed by atoms with E-state index in [0.717, 1.165) is 30.5 Å². The predicted octanol–water partition coefficient (Wildman–Crippen LogP) is 2.28. The van der Waals surface area contributed by atoms with Crippen molar-refractivity contribution in [3.8, 4) is 0 Å². The lowest BCUT2D eigenvalue weighted by molar-refractivity contribution is 0.109. The van der Waals surface area contributed by atoms with E-state index in [-0.39, 0.29) is 0 Å². The van der Waals surface area contributed by atoms with Gasteiger partial charge in [-0.15, -0.1) is 0 Å². The Morgan fingerprint density at radius 2 is 2.08 bits per heavy atom. The van der Waals surface area contributed by atoms with Crippen molar-refractivity contribution in [2.75, 3.05) is 0 Å². The van der Waals surface area contributed by atoms with Gasteiger partial charge in [-0.05, 0) is 31.7 Å². The van der Waals surface area contributed by atoms with Crippen LogP contribution in [-0.2, 0) is 12.8 Å². The van der Waals surface area contributed by atoms with Crippen LogP contribution in [0, 0.1) is 6.92 Å². The van der Waals surface area contributed by atoms with Crippen LogP contribution in [0.2, 0.25) is 0 Å². The minimum Gasteiger partial charge on any atom is -0.458 e. The maximum absolute atomic E-state index is 10.6. The average molecular weight is 164 g/mol. The molecule has 0 saturated carbocycles. The minimum atomic E-state index is 0.530. The summed E-state index contributed by atoms with van der Waals surface area (Å²) in [6.45, 7) is 1.97. The fourth-order valence-corrected chi connectivity index (χ4v) is 1.86. The fraction of sp³-hybridized carbons (Fsp3) is 0.500. The van der Waals surface area contributed by atoms with Gasteiger partial charge >= 0.3 is 0 Å². The van der Waals surface area contributed by atoms with Crippen molar-refractivity contribution in [2.45, 2.75) is 32.6 Å². The lowest BCUT2D eigenvalue weighted by atomic mass is 9.95. The summed E-state index contributed by atoms with van der Waals surface area (Å²) < 4.78 is 5.42. The van der Waals surface area contributed by atoms with Gasteiger partial charge in [0.1, 0.15) is 5.76 Å². The van der Waals surface area contributed by atoms with Crippen molar-refractivity contribution in [2.24, 2.45) is 0 Å². The van der Waals surface area contributed by atoms with Gasteiger partial charge in [-0.1, -0.05) is 0 Å². The van der Waals surface area contributed by atoms with E-state index >= 15 is 0 Å². The van der Waals surface area contributed by atoms with E-state index in [1.165, 1.54) is 18.4 Å². The van der Waals surface area contributed by atoms with Crippen molar-refractivity contribution in [1.29, 1.82) is 0 Å². The molecule has 2 rings (SSSR count). The highest BCUT2D eigenvalue weighted by atomic mass is 16.3. The maximum Gasteiger partial charge on any atom is 0.185 e. The molecule has 1 aliphatic carbocycles. The van der Waals surface area contributed by atoms with Gasteiger partial charge in [-0.2, -0.15) is 0 Å². The van der Waals surface area contributed by atoms with Crippen LogP contribution in [0.1, 0.15) is 40.3 Å². The molecule has 0 fully saturated rings. The van der Waals surface area contributed by atoms with Crippen molar-refractivity contribution in [3.63, 3.8) is 0 Å². The summed E-state index contributed by atoms with van der Waals surface area (Å²) in [6, 6.07) is 0. The predicted molar refractivity (Wildman–Crippen MR) is 45.5 cm³/mol. The lowest BCUT2D eigenvalue weighted by Gasteiger charge is -2.08. The van der Waals surface area contributed by atoms with Crippen LogP contribution in [0.3, 0.4) is 0 Å². The fourth-order valence-electron chi connectivity index (χ4n) is 1.86. The maximum atomic E-state index is 10.6. The first-order chi connectivity index (χ1) is 5.83. The van der Waals surface area contributed by atoms with Gasteiger partial charge in [-0.25, -0.2) is 0 Å². The number of furan rings is 1. The molecule has 2 nitrogen and oxygen atoms in total. The Kier molecular flexibility index (Phi) is 1.75. The highest BCUT2D eigenvalue weighted by molar-refractivity contribution is 5.74. The third kappa shape index (κ3) is 0.986. The first kappa shape index (κ1) is 7.59. The molecular formula is C10H12O2. The molecule has 0 bridgehead atoms. The molecule has 0 atom stereocenters. The van der Waals surface area contributed by atoms with Gasteiger partial charge in [0.2, 0.25) is 0 Å². The Morgan fingerprint density at radius 3 is 2.75 bits per heavy atom. The molecule has 2 heteroatoms. The standard InChI is InChI=1S/C10H12O2/c1-7-8-4-2-3-5-9(8)12-10(7)6-11/h6H,2-5H2,1H3. The summed E-state index contributed by atoms with van der Waals surface area (Å²) in [5.74, 6) is 1.57. The summed E-state index contributed by atoms with van der Waals surface area (Å²) in [4.78, 5) is 10.6. The minimum absolute atomic E-state index is 0.530. The van der Waals surface area contributed by atoms with E-state index in [4.69, 9.17) is 4.42 Å². The van der Waals surface area contributed by atoms with E-state index < -0.39 is 0 Å². The number of carbonyl (C=O) groups is 1. The molecule has 64 valence electrons. The molecule has 12 heavy (non-hydrogen) atoms. The van der Waals surface area contributed by atoms with Gasteiger partial charge in [0.25, 0.3) is 0 Å². The molecular weight excluding hydrogens is 152 g/mol. The number of aldehydes is 1. The van der Waals surface area contributed by atoms with Crippen molar-refractivity contribution < 1.29 is 9.21 Å². The molecule has 0 radical (unpaired) electrons. The second-order valence-electron chi connectivity index (χ2n) is 3.32. The molecule has 1 aliphatic rings. The van der Waals surface area contributed by atoms with Crippen LogP contribution in [0.25, 0.3) is 0 Å². The van der Waals surface area contributed by atoms with Crippen molar-refractivity contribution in [1.82, 2.24) is 0 Å². The Hall–Kier alpha value is -1.05. The highest BCUT2D eigenvalue weighted by Gasteiger charge is 2.18. The second kappa shape index (κ2) is 2.77.